The van der Waals surface area contributed by atoms with Gasteiger partial charge in [0.1, 0.15) is 6.61 Å². The van der Waals surface area contributed by atoms with Crippen LogP contribution in [0.3, 0.4) is 0 Å². The molecule has 2 amide bonds. The number of aliphatic carboxylic acids is 1. The van der Waals surface area contributed by atoms with Crippen LogP contribution in [0.2, 0.25) is 0 Å². The van der Waals surface area contributed by atoms with Crippen molar-refractivity contribution in [2.75, 3.05) is 20.3 Å². The number of hydrogen-bond acceptors (Lipinski definition) is 5. The van der Waals surface area contributed by atoms with E-state index in [4.69, 9.17) is 9.47 Å². The van der Waals surface area contributed by atoms with Crippen molar-refractivity contribution in [1.29, 1.82) is 0 Å². The summed E-state index contributed by atoms with van der Waals surface area (Å²) in [4.78, 5) is 36.4. The van der Waals surface area contributed by atoms with E-state index in [0.717, 1.165) is 22.3 Å². The highest BCUT2D eigenvalue weighted by atomic mass is 16.5. The molecule has 0 aliphatic heterocycles. The Balaban J connectivity index is 1.32. The van der Waals surface area contributed by atoms with E-state index in [2.05, 4.69) is 34.9 Å². The number of fused-ring (bicyclic) bond motifs is 3. The summed E-state index contributed by atoms with van der Waals surface area (Å²) in [5, 5.41) is 14.5. The molecule has 3 N–H and O–H groups in total. The van der Waals surface area contributed by atoms with Crippen molar-refractivity contribution in [2.24, 2.45) is 5.92 Å². The molecule has 0 bridgehead atoms. The second-order valence-corrected chi connectivity index (χ2v) is 8.53. The summed E-state index contributed by atoms with van der Waals surface area (Å²) in [6.07, 6.45) is 3.91. The summed E-state index contributed by atoms with van der Waals surface area (Å²) in [6.45, 7) is 0.0859. The molecule has 34 heavy (non-hydrogen) atoms. The van der Waals surface area contributed by atoms with Gasteiger partial charge in [-0.15, -0.1) is 0 Å². The van der Waals surface area contributed by atoms with E-state index in [1.165, 1.54) is 7.11 Å². The van der Waals surface area contributed by atoms with Crippen molar-refractivity contribution in [3.63, 3.8) is 0 Å². The minimum Gasteiger partial charge on any atom is -0.480 e. The zero-order valence-corrected chi connectivity index (χ0v) is 18.9. The first-order valence-corrected chi connectivity index (χ1v) is 11.3. The number of nitrogens with one attached hydrogen (secondary N) is 2. The maximum atomic E-state index is 12.6. The largest absolute Gasteiger partial charge is 0.480 e. The quantitative estimate of drug-likeness (QED) is 0.518. The molecular formula is C26H28N2O6. The van der Waals surface area contributed by atoms with Crippen molar-refractivity contribution in [3.05, 3.63) is 71.8 Å². The fraction of sp³-hybridized carbons (Fsp3) is 0.346. The Labute approximate surface area is 198 Å². The summed E-state index contributed by atoms with van der Waals surface area (Å²) < 4.78 is 10.4. The molecule has 3 atom stereocenters. The Bertz CT molecular complexity index is 1050. The Hall–Kier alpha value is -3.65. The summed E-state index contributed by atoms with van der Waals surface area (Å²) in [5.41, 5.74) is 4.58. The number of hydrogen-bond donors (Lipinski definition) is 3. The number of amides is 2. The van der Waals surface area contributed by atoms with Gasteiger partial charge in [0.2, 0.25) is 5.91 Å². The molecule has 8 heteroatoms. The van der Waals surface area contributed by atoms with Gasteiger partial charge in [-0.25, -0.2) is 9.59 Å². The summed E-state index contributed by atoms with van der Waals surface area (Å²) in [6, 6.07) is 14.7. The zero-order chi connectivity index (χ0) is 24.1. The Kier molecular flexibility index (Phi) is 7.27. The molecule has 0 aromatic heterocycles. The van der Waals surface area contributed by atoms with Crippen molar-refractivity contribution >= 4 is 18.0 Å². The van der Waals surface area contributed by atoms with Gasteiger partial charge in [-0.3, -0.25) is 4.79 Å². The van der Waals surface area contributed by atoms with Crippen LogP contribution in [0.5, 0.6) is 0 Å². The third-order valence-electron chi connectivity index (χ3n) is 6.29. The summed E-state index contributed by atoms with van der Waals surface area (Å²) in [5.74, 6) is -2.03. The third-order valence-corrected chi connectivity index (χ3v) is 6.29. The number of carbonyl (C=O) groups excluding carboxylic acids is 2. The SMILES string of the molecule is COC[C@H](NC(=O)C1CC=CC(NC(=O)OCC2c3ccccc3-c3ccccc32)C1)C(=O)O. The normalized spacial score (nSPS) is 19.6. The van der Waals surface area contributed by atoms with Gasteiger partial charge in [0, 0.05) is 18.9 Å². The minimum absolute atomic E-state index is 0.0349. The second-order valence-electron chi connectivity index (χ2n) is 8.53. The van der Waals surface area contributed by atoms with Crippen molar-refractivity contribution in [1.82, 2.24) is 10.6 Å². The molecule has 2 aliphatic rings. The van der Waals surface area contributed by atoms with E-state index >= 15 is 0 Å². The smallest absolute Gasteiger partial charge is 0.407 e. The molecule has 2 aliphatic carbocycles. The Morgan fingerprint density at radius 1 is 1.06 bits per heavy atom. The number of benzene rings is 2. The number of carboxylic acid groups (broad SMARTS) is 1. The lowest BCUT2D eigenvalue weighted by molar-refractivity contribution is -0.144. The van der Waals surface area contributed by atoms with Gasteiger partial charge < -0.3 is 25.2 Å². The maximum Gasteiger partial charge on any atom is 0.407 e. The molecule has 0 heterocycles. The molecule has 0 saturated heterocycles. The summed E-state index contributed by atoms with van der Waals surface area (Å²) in [7, 11) is 1.37. The molecule has 0 saturated carbocycles. The zero-order valence-electron chi connectivity index (χ0n) is 18.9. The highest BCUT2D eigenvalue weighted by Gasteiger charge is 2.31. The van der Waals surface area contributed by atoms with E-state index in [0.29, 0.717) is 12.8 Å². The molecule has 4 rings (SSSR count). The van der Waals surface area contributed by atoms with Crippen LogP contribution in [-0.2, 0) is 19.1 Å². The Morgan fingerprint density at radius 3 is 2.32 bits per heavy atom. The standard InChI is InChI=1S/C26H28N2O6/c1-33-15-23(25(30)31)28-24(29)16-7-6-8-17(13-16)27-26(32)34-14-22-20-11-4-2-9-18(20)19-10-3-5-12-21(19)22/h2-6,8-12,16-17,22-23H,7,13-15H2,1H3,(H,27,32)(H,28,29)(H,30,31)/t16?,17?,23-/m0/s1. The molecule has 8 nitrogen and oxygen atoms in total. The van der Waals surface area contributed by atoms with Gasteiger partial charge in [0.15, 0.2) is 6.04 Å². The fourth-order valence-corrected chi connectivity index (χ4v) is 4.63. The van der Waals surface area contributed by atoms with Crippen LogP contribution in [0.1, 0.15) is 29.9 Å². The topological polar surface area (TPSA) is 114 Å². The molecule has 0 radical (unpaired) electrons. The number of carbonyl (C=O) groups is 3. The van der Waals surface area contributed by atoms with E-state index in [1.807, 2.05) is 36.4 Å². The van der Waals surface area contributed by atoms with Crippen LogP contribution in [0.25, 0.3) is 11.1 Å². The van der Waals surface area contributed by atoms with Crippen molar-refractivity contribution in [2.45, 2.75) is 30.8 Å². The predicted octanol–water partition coefficient (Wildman–Crippen LogP) is 3.08. The van der Waals surface area contributed by atoms with Crippen molar-refractivity contribution in [3.8, 4) is 11.1 Å². The molecule has 0 fully saturated rings. The van der Waals surface area contributed by atoms with Gasteiger partial charge in [0.25, 0.3) is 0 Å². The van der Waals surface area contributed by atoms with Crippen LogP contribution < -0.4 is 10.6 Å². The molecule has 2 unspecified atom stereocenters. The molecular weight excluding hydrogens is 436 g/mol. The van der Waals surface area contributed by atoms with Crippen LogP contribution >= 0.6 is 0 Å². The van der Waals surface area contributed by atoms with E-state index in [-0.39, 0.29) is 31.1 Å². The van der Waals surface area contributed by atoms with Gasteiger partial charge in [0.05, 0.1) is 12.6 Å². The van der Waals surface area contributed by atoms with Gasteiger partial charge in [-0.1, -0.05) is 60.7 Å². The van der Waals surface area contributed by atoms with E-state index < -0.39 is 24.0 Å². The number of carboxylic acids is 1. The highest BCUT2D eigenvalue weighted by molar-refractivity contribution is 5.85. The van der Waals surface area contributed by atoms with Crippen LogP contribution in [0.15, 0.2) is 60.7 Å². The van der Waals surface area contributed by atoms with Crippen LogP contribution in [0.4, 0.5) is 4.79 Å². The Morgan fingerprint density at radius 2 is 1.71 bits per heavy atom. The molecule has 0 spiro atoms. The number of rotatable bonds is 8. The summed E-state index contributed by atoms with van der Waals surface area (Å²) >= 11 is 0. The highest BCUT2D eigenvalue weighted by Crippen LogP contribution is 2.44. The average molecular weight is 465 g/mol. The number of allylic oxidation sites excluding steroid dienone is 1. The number of methoxy groups -OCH3 is 1. The monoisotopic (exact) mass is 464 g/mol. The molecule has 178 valence electrons. The van der Waals surface area contributed by atoms with Gasteiger partial charge in [-0.05, 0) is 35.1 Å². The number of ether oxygens (including phenoxy) is 2. The van der Waals surface area contributed by atoms with E-state index in [1.54, 1.807) is 0 Å². The van der Waals surface area contributed by atoms with Crippen LogP contribution in [-0.4, -0.2) is 55.5 Å². The van der Waals surface area contributed by atoms with Crippen molar-refractivity contribution < 1.29 is 29.0 Å². The average Bonchev–Trinajstić information content (AvgIpc) is 3.16. The minimum atomic E-state index is -1.16. The third kappa shape index (κ3) is 5.12. The number of alkyl carbamates (subject to hydrolysis) is 1. The first-order chi connectivity index (χ1) is 16.5. The fourth-order valence-electron chi connectivity index (χ4n) is 4.63. The van der Waals surface area contributed by atoms with Gasteiger partial charge >= 0.3 is 12.1 Å². The first-order valence-electron chi connectivity index (χ1n) is 11.3. The van der Waals surface area contributed by atoms with Crippen LogP contribution in [0, 0.1) is 5.92 Å². The molecule has 2 aromatic carbocycles. The van der Waals surface area contributed by atoms with E-state index in [9.17, 15) is 19.5 Å². The lowest BCUT2D eigenvalue weighted by Crippen LogP contribution is -2.48. The maximum absolute atomic E-state index is 12.6. The second kappa shape index (κ2) is 10.5. The lowest BCUT2D eigenvalue weighted by Gasteiger charge is -2.26. The predicted molar refractivity (Wildman–Crippen MR) is 125 cm³/mol. The lowest BCUT2D eigenvalue weighted by atomic mass is 9.90. The molecule has 2 aromatic rings. The first kappa shape index (κ1) is 23.5. The van der Waals surface area contributed by atoms with Gasteiger partial charge in [-0.2, -0.15) is 0 Å².